The number of carbonyl (C=O) groups excluding carboxylic acids is 1. The topological polar surface area (TPSA) is 38.3 Å². The summed E-state index contributed by atoms with van der Waals surface area (Å²) >= 11 is 0. The van der Waals surface area contributed by atoms with Crippen molar-refractivity contribution in [2.75, 3.05) is 18.5 Å². The van der Waals surface area contributed by atoms with Crippen LogP contribution in [0.4, 0.5) is 5.69 Å². The highest BCUT2D eigenvalue weighted by Gasteiger charge is 2.02. The fourth-order valence-corrected chi connectivity index (χ4v) is 1.83. The van der Waals surface area contributed by atoms with E-state index in [-0.39, 0.29) is 5.97 Å². The Morgan fingerprint density at radius 2 is 1.84 bits per heavy atom. The van der Waals surface area contributed by atoms with Gasteiger partial charge in [0.15, 0.2) is 0 Å². The Kier molecular flexibility index (Phi) is 8.52. The molecule has 0 bridgehead atoms. The summed E-state index contributed by atoms with van der Waals surface area (Å²) in [5.41, 5.74) is 1.04. The third kappa shape index (κ3) is 8.25. The molecule has 19 heavy (non-hydrogen) atoms. The molecule has 0 fully saturated rings. The highest BCUT2D eigenvalue weighted by Crippen LogP contribution is 2.05. The maximum absolute atomic E-state index is 11.5. The van der Waals surface area contributed by atoms with Crippen LogP contribution in [0.5, 0.6) is 0 Å². The molecule has 0 aliphatic carbocycles. The lowest BCUT2D eigenvalue weighted by molar-refractivity contribution is -0.143. The van der Waals surface area contributed by atoms with Crippen LogP contribution in [-0.2, 0) is 9.53 Å². The number of hydrogen-bond acceptors (Lipinski definition) is 3. The monoisotopic (exact) mass is 263 g/mol. The molecule has 106 valence electrons. The number of benzene rings is 1. The van der Waals surface area contributed by atoms with Gasteiger partial charge in [-0.25, -0.2) is 0 Å². The maximum Gasteiger partial charge on any atom is 0.307 e. The van der Waals surface area contributed by atoms with Gasteiger partial charge < -0.3 is 10.1 Å². The van der Waals surface area contributed by atoms with Gasteiger partial charge in [-0.15, -0.1) is 0 Å². The normalized spacial score (nSPS) is 10.2. The molecule has 1 aromatic carbocycles. The molecular formula is C16H25NO2. The van der Waals surface area contributed by atoms with E-state index in [0.717, 1.165) is 18.5 Å². The predicted octanol–water partition coefficient (Wildman–Crippen LogP) is 4.00. The molecule has 3 nitrogen and oxygen atoms in total. The summed E-state index contributed by atoms with van der Waals surface area (Å²) in [6.07, 6.45) is 6.31. The minimum Gasteiger partial charge on any atom is -0.466 e. The average Bonchev–Trinajstić information content (AvgIpc) is 2.44. The molecule has 0 aromatic heterocycles. The lowest BCUT2D eigenvalue weighted by Crippen LogP contribution is -2.12. The summed E-state index contributed by atoms with van der Waals surface area (Å²) in [4.78, 5) is 11.5. The molecule has 0 atom stereocenters. The van der Waals surface area contributed by atoms with Crippen molar-refractivity contribution < 1.29 is 9.53 Å². The average molecular weight is 263 g/mol. The maximum atomic E-state index is 11.5. The van der Waals surface area contributed by atoms with E-state index in [4.69, 9.17) is 4.74 Å². The fraction of sp³-hybridized carbons (Fsp3) is 0.562. The minimum atomic E-state index is -0.112. The van der Waals surface area contributed by atoms with Gasteiger partial charge in [0.2, 0.25) is 0 Å². The second-order valence-corrected chi connectivity index (χ2v) is 4.68. The molecule has 0 saturated heterocycles. The zero-order valence-corrected chi connectivity index (χ0v) is 11.9. The van der Waals surface area contributed by atoms with Gasteiger partial charge >= 0.3 is 5.97 Å². The first-order valence-corrected chi connectivity index (χ1v) is 7.27. The predicted molar refractivity (Wildman–Crippen MR) is 79.3 cm³/mol. The van der Waals surface area contributed by atoms with E-state index in [2.05, 4.69) is 12.2 Å². The standard InChI is InChI=1S/C16H25NO2/c1-2-3-4-5-9-14-19-16(18)12-13-17-15-10-7-6-8-11-15/h6-8,10-11,17H,2-5,9,12-14H2,1H3. The number of hydrogen-bond donors (Lipinski definition) is 1. The zero-order valence-electron chi connectivity index (χ0n) is 11.9. The van der Waals surface area contributed by atoms with Crippen LogP contribution in [0.1, 0.15) is 45.4 Å². The van der Waals surface area contributed by atoms with E-state index >= 15 is 0 Å². The Morgan fingerprint density at radius 3 is 2.58 bits per heavy atom. The highest BCUT2D eigenvalue weighted by molar-refractivity contribution is 5.70. The largest absolute Gasteiger partial charge is 0.466 e. The first-order valence-electron chi connectivity index (χ1n) is 7.27. The molecule has 0 radical (unpaired) electrons. The quantitative estimate of drug-likeness (QED) is 0.512. The lowest BCUT2D eigenvalue weighted by Gasteiger charge is -2.07. The summed E-state index contributed by atoms with van der Waals surface area (Å²) in [6.45, 7) is 3.38. The molecule has 0 heterocycles. The smallest absolute Gasteiger partial charge is 0.307 e. The molecule has 0 spiro atoms. The number of para-hydroxylation sites is 1. The number of anilines is 1. The fourth-order valence-electron chi connectivity index (χ4n) is 1.83. The lowest BCUT2D eigenvalue weighted by atomic mass is 10.2. The van der Waals surface area contributed by atoms with Crippen molar-refractivity contribution in [1.82, 2.24) is 0 Å². The van der Waals surface area contributed by atoms with Crippen molar-refractivity contribution in [3.8, 4) is 0 Å². The third-order valence-electron chi connectivity index (χ3n) is 2.94. The van der Waals surface area contributed by atoms with Crippen molar-refractivity contribution >= 4 is 11.7 Å². The van der Waals surface area contributed by atoms with E-state index < -0.39 is 0 Å². The number of carbonyl (C=O) groups is 1. The van der Waals surface area contributed by atoms with Crippen LogP contribution in [-0.4, -0.2) is 19.1 Å². The van der Waals surface area contributed by atoms with Gasteiger partial charge in [-0.2, -0.15) is 0 Å². The van der Waals surface area contributed by atoms with Gasteiger partial charge in [-0.3, -0.25) is 4.79 Å². The molecular weight excluding hydrogens is 238 g/mol. The Hall–Kier alpha value is -1.51. The number of ether oxygens (including phenoxy) is 1. The van der Waals surface area contributed by atoms with E-state index in [1.807, 2.05) is 30.3 Å². The van der Waals surface area contributed by atoms with Gasteiger partial charge in [-0.1, -0.05) is 50.8 Å². The van der Waals surface area contributed by atoms with Crippen LogP contribution in [0, 0.1) is 0 Å². The van der Waals surface area contributed by atoms with Gasteiger partial charge in [0.1, 0.15) is 0 Å². The molecule has 1 rings (SSSR count). The number of unbranched alkanes of at least 4 members (excludes halogenated alkanes) is 4. The van der Waals surface area contributed by atoms with E-state index in [1.54, 1.807) is 0 Å². The Balaban J connectivity index is 1.96. The second kappa shape index (κ2) is 10.4. The number of nitrogens with one attached hydrogen (secondary N) is 1. The SMILES string of the molecule is CCCCCCCOC(=O)CCNc1ccccc1. The second-order valence-electron chi connectivity index (χ2n) is 4.68. The molecule has 0 aliphatic heterocycles. The van der Waals surface area contributed by atoms with Crippen LogP contribution in [0.3, 0.4) is 0 Å². The van der Waals surface area contributed by atoms with Crippen molar-refractivity contribution in [3.63, 3.8) is 0 Å². The molecule has 1 aromatic rings. The number of esters is 1. The van der Waals surface area contributed by atoms with Crippen LogP contribution < -0.4 is 5.32 Å². The summed E-state index contributed by atoms with van der Waals surface area (Å²) in [6, 6.07) is 9.88. The molecule has 0 saturated carbocycles. The van der Waals surface area contributed by atoms with E-state index in [1.165, 1.54) is 19.3 Å². The first-order chi connectivity index (χ1) is 9.33. The first kappa shape index (κ1) is 15.5. The summed E-state index contributed by atoms with van der Waals surface area (Å²) in [5, 5.41) is 3.19. The van der Waals surface area contributed by atoms with Crippen LogP contribution >= 0.6 is 0 Å². The summed E-state index contributed by atoms with van der Waals surface area (Å²) in [5.74, 6) is -0.112. The van der Waals surface area contributed by atoms with Crippen molar-refractivity contribution in [2.45, 2.75) is 45.4 Å². The number of rotatable bonds is 10. The van der Waals surface area contributed by atoms with E-state index in [9.17, 15) is 4.79 Å². The molecule has 0 aliphatic rings. The Bertz CT molecular complexity index is 338. The summed E-state index contributed by atoms with van der Waals surface area (Å²) < 4.78 is 5.18. The zero-order chi connectivity index (χ0) is 13.8. The highest BCUT2D eigenvalue weighted by atomic mass is 16.5. The Morgan fingerprint density at radius 1 is 1.11 bits per heavy atom. The summed E-state index contributed by atoms with van der Waals surface area (Å²) in [7, 11) is 0. The molecule has 3 heteroatoms. The van der Waals surface area contributed by atoms with Crippen LogP contribution in [0.2, 0.25) is 0 Å². The third-order valence-corrected chi connectivity index (χ3v) is 2.94. The molecule has 0 amide bonds. The van der Waals surface area contributed by atoms with E-state index in [0.29, 0.717) is 19.6 Å². The minimum absolute atomic E-state index is 0.112. The van der Waals surface area contributed by atoms with Gasteiger partial charge in [0.05, 0.1) is 13.0 Å². The van der Waals surface area contributed by atoms with Crippen molar-refractivity contribution in [3.05, 3.63) is 30.3 Å². The molecule has 1 N–H and O–H groups in total. The van der Waals surface area contributed by atoms with Crippen molar-refractivity contribution in [2.24, 2.45) is 0 Å². The van der Waals surface area contributed by atoms with Gasteiger partial charge in [0, 0.05) is 12.2 Å². The van der Waals surface area contributed by atoms with Crippen LogP contribution in [0.15, 0.2) is 30.3 Å². The van der Waals surface area contributed by atoms with Crippen molar-refractivity contribution in [1.29, 1.82) is 0 Å². The van der Waals surface area contributed by atoms with Gasteiger partial charge in [-0.05, 0) is 18.6 Å². The van der Waals surface area contributed by atoms with Crippen LogP contribution in [0.25, 0.3) is 0 Å². The molecule has 0 unspecified atom stereocenters. The van der Waals surface area contributed by atoms with Gasteiger partial charge in [0.25, 0.3) is 0 Å². The Labute approximate surface area is 116 Å².